The Morgan fingerprint density at radius 2 is 2.00 bits per heavy atom. The Kier molecular flexibility index (Phi) is 5.24. The van der Waals surface area contributed by atoms with Gasteiger partial charge in [-0.05, 0) is 49.2 Å². The van der Waals surface area contributed by atoms with Crippen molar-refractivity contribution < 1.29 is 9.59 Å². The number of nitrogens with one attached hydrogen (secondary N) is 1. The van der Waals surface area contributed by atoms with Crippen molar-refractivity contribution in [2.75, 3.05) is 11.1 Å². The molecule has 1 atom stereocenters. The molecule has 3 aromatic rings. The highest BCUT2D eigenvalue weighted by Crippen LogP contribution is 2.33. The topological polar surface area (TPSA) is 81.1 Å². The molecule has 6 nitrogen and oxygen atoms in total. The van der Waals surface area contributed by atoms with Crippen LogP contribution in [-0.2, 0) is 11.3 Å². The molecular formula is C22H21N3O3S. The number of hydrogen-bond donors (Lipinski definition) is 1. The fraction of sp³-hybridized carbons (Fsp3) is 0.273. The maximum absolute atomic E-state index is 12.8. The van der Waals surface area contributed by atoms with Crippen LogP contribution in [0.4, 0.5) is 5.69 Å². The van der Waals surface area contributed by atoms with Crippen LogP contribution in [-0.4, -0.2) is 27.0 Å². The number of hydrogen-bond acceptors (Lipinski definition) is 5. The van der Waals surface area contributed by atoms with Crippen molar-refractivity contribution in [3.05, 3.63) is 63.9 Å². The SMILES string of the molecule is CCCn1c(SCC(=O)c2ccc3c(c2)[C@@H](C)C(=O)N3)nc2ccccc2c1=O. The fourth-order valence-corrected chi connectivity index (χ4v) is 4.40. The van der Waals surface area contributed by atoms with Gasteiger partial charge in [-0.1, -0.05) is 30.8 Å². The van der Waals surface area contributed by atoms with E-state index in [9.17, 15) is 14.4 Å². The second-order valence-electron chi connectivity index (χ2n) is 7.09. The number of ketones is 1. The van der Waals surface area contributed by atoms with Crippen LogP contribution < -0.4 is 10.9 Å². The van der Waals surface area contributed by atoms with Crippen LogP contribution in [0.15, 0.2) is 52.4 Å². The van der Waals surface area contributed by atoms with E-state index in [0.29, 0.717) is 28.2 Å². The van der Waals surface area contributed by atoms with Crippen LogP contribution in [0.5, 0.6) is 0 Å². The average molecular weight is 407 g/mol. The number of anilines is 1. The smallest absolute Gasteiger partial charge is 0.262 e. The summed E-state index contributed by atoms with van der Waals surface area (Å²) >= 11 is 1.27. The minimum Gasteiger partial charge on any atom is -0.325 e. The number of Topliss-reactive ketones (excluding diaryl/α,β-unsaturated/α-hetero) is 1. The molecule has 29 heavy (non-hydrogen) atoms. The third-order valence-electron chi connectivity index (χ3n) is 5.10. The van der Waals surface area contributed by atoms with Crippen LogP contribution in [0.2, 0.25) is 0 Å². The summed E-state index contributed by atoms with van der Waals surface area (Å²) in [5, 5.41) is 3.95. The summed E-state index contributed by atoms with van der Waals surface area (Å²) in [5.74, 6) is -0.205. The maximum Gasteiger partial charge on any atom is 0.262 e. The average Bonchev–Trinajstić information content (AvgIpc) is 3.02. The summed E-state index contributed by atoms with van der Waals surface area (Å²) in [5.41, 5.74) is 2.72. The first-order valence-corrected chi connectivity index (χ1v) is 10.6. The predicted octanol–water partition coefficient (Wildman–Crippen LogP) is 3.84. The first kappa shape index (κ1) is 19.4. The number of para-hydroxylation sites is 1. The Bertz CT molecular complexity index is 1190. The van der Waals surface area contributed by atoms with E-state index in [2.05, 4.69) is 10.3 Å². The van der Waals surface area contributed by atoms with Crippen molar-refractivity contribution in [3.8, 4) is 0 Å². The summed E-state index contributed by atoms with van der Waals surface area (Å²) in [6, 6.07) is 12.5. The van der Waals surface area contributed by atoms with E-state index in [1.54, 1.807) is 28.8 Å². The van der Waals surface area contributed by atoms with E-state index >= 15 is 0 Å². The van der Waals surface area contributed by atoms with Gasteiger partial charge in [0.15, 0.2) is 10.9 Å². The molecule has 2 aromatic carbocycles. The van der Waals surface area contributed by atoms with E-state index in [0.717, 1.165) is 17.7 Å². The number of nitrogens with zero attached hydrogens (tertiary/aromatic N) is 2. The number of carbonyl (C=O) groups excluding carboxylic acids is 2. The molecule has 1 amide bonds. The molecule has 148 valence electrons. The molecule has 0 radical (unpaired) electrons. The molecule has 7 heteroatoms. The van der Waals surface area contributed by atoms with E-state index in [1.165, 1.54) is 11.8 Å². The van der Waals surface area contributed by atoms with Crippen LogP contribution in [0, 0.1) is 0 Å². The van der Waals surface area contributed by atoms with Crippen molar-refractivity contribution >= 4 is 40.0 Å². The van der Waals surface area contributed by atoms with E-state index in [4.69, 9.17) is 0 Å². The monoisotopic (exact) mass is 407 g/mol. The lowest BCUT2D eigenvalue weighted by Gasteiger charge is -2.12. The van der Waals surface area contributed by atoms with Crippen LogP contribution >= 0.6 is 11.8 Å². The second kappa shape index (κ2) is 7.83. The second-order valence-corrected chi connectivity index (χ2v) is 8.04. The molecule has 2 heterocycles. The molecule has 0 saturated heterocycles. The van der Waals surface area contributed by atoms with Crippen molar-refractivity contribution in [3.63, 3.8) is 0 Å². The van der Waals surface area contributed by atoms with Gasteiger partial charge >= 0.3 is 0 Å². The molecule has 4 rings (SSSR count). The summed E-state index contributed by atoms with van der Waals surface area (Å²) in [4.78, 5) is 42.1. The molecular weight excluding hydrogens is 386 g/mol. The number of carbonyl (C=O) groups is 2. The number of rotatable bonds is 6. The molecule has 0 saturated carbocycles. The van der Waals surface area contributed by atoms with Gasteiger partial charge in [0.25, 0.3) is 5.56 Å². The van der Waals surface area contributed by atoms with Crippen LogP contribution in [0.25, 0.3) is 10.9 Å². The van der Waals surface area contributed by atoms with Gasteiger partial charge in [-0.25, -0.2) is 4.98 Å². The fourth-order valence-electron chi connectivity index (χ4n) is 3.48. The zero-order chi connectivity index (χ0) is 20.5. The highest BCUT2D eigenvalue weighted by Gasteiger charge is 2.27. The lowest BCUT2D eigenvalue weighted by molar-refractivity contribution is -0.116. The Labute approximate surface area is 172 Å². The third-order valence-corrected chi connectivity index (χ3v) is 6.07. The zero-order valence-corrected chi connectivity index (χ0v) is 17.1. The summed E-state index contributed by atoms with van der Waals surface area (Å²) in [6.07, 6.45) is 0.797. The highest BCUT2D eigenvalue weighted by atomic mass is 32.2. The van der Waals surface area contributed by atoms with Gasteiger partial charge in [-0.15, -0.1) is 0 Å². The third kappa shape index (κ3) is 3.58. The molecule has 0 spiro atoms. The number of thioether (sulfide) groups is 1. The van der Waals surface area contributed by atoms with E-state index in [-0.39, 0.29) is 28.9 Å². The van der Waals surface area contributed by atoms with Crippen LogP contribution in [0.3, 0.4) is 0 Å². The lowest BCUT2D eigenvalue weighted by Crippen LogP contribution is -2.23. The molecule has 1 N–H and O–H groups in total. The molecule has 0 fully saturated rings. The predicted molar refractivity (Wildman–Crippen MR) is 115 cm³/mol. The van der Waals surface area contributed by atoms with Crippen molar-refractivity contribution in [2.24, 2.45) is 0 Å². The quantitative estimate of drug-likeness (QED) is 0.381. The summed E-state index contributed by atoms with van der Waals surface area (Å²) in [6.45, 7) is 4.38. The molecule has 0 unspecified atom stereocenters. The van der Waals surface area contributed by atoms with Crippen molar-refractivity contribution in [2.45, 2.75) is 37.9 Å². The molecule has 0 aliphatic carbocycles. The number of aromatic nitrogens is 2. The molecule has 1 aliphatic heterocycles. The highest BCUT2D eigenvalue weighted by molar-refractivity contribution is 7.99. The van der Waals surface area contributed by atoms with Crippen molar-refractivity contribution in [1.82, 2.24) is 9.55 Å². The Hall–Kier alpha value is -2.93. The largest absolute Gasteiger partial charge is 0.325 e. The first-order valence-electron chi connectivity index (χ1n) is 9.60. The normalized spacial score (nSPS) is 15.4. The first-order chi connectivity index (χ1) is 14.0. The van der Waals surface area contributed by atoms with Crippen molar-refractivity contribution in [1.29, 1.82) is 0 Å². The van der Waals surface area contributed by atoms with Gasteiger partial charge < -0.3 is 5.32 Å². The minimum absolute atomic E-state index is 0.0529. The van der Waals surface area contributed by atoms with Gasteiger partial charge in [0.05, 0.1) is 22.6 Å². The number of benzene rings is 2. The molecule has 1 aromatic heterocycles. The van der Waals surface area contributed by atoms with Gasteiger partial charge in [0.2, 0.25) is 5.91 Å². The standard InChI is InChI=1S/C22H21N3O3S/c1-3-10-25-21(28)15-6-4-5-7-17(15)24-22(25)29-12-19(26)14-8-9-18-16(11-14)13(2)20(27)23-18/h4-9,11,13H,3,10,12H2,1-2H3,(H,23,27)/t13-/m1/s1. The minimum atomic E-state index is -0.262. The van der Waals surface area contributed by atoms with Gasteiger partial charge in [0, 0.05) is 17.8 Å². The van der Waals surface area contributed by atoms with E-state index in [1.807, 2.05) is 32.0 Å². The number of fused-ring (bicyclic) bond motifs is 2. The van der Waals surface area contributed by atoms with Gasteiger partial charge in [-0.3, -0.25) is 19.0 Å². The number of amides is 1. The van der Waals surface area contributed by atoms with Crippen LogP contribution in [0.1, 0.15) is 42.1 Å². The molecule has 1 aliphatic rings. The Balaban J connectivity index is 1.60. The maximum atomic E-state index is 12.8. The van der Waals surface area contributed by atoms with Gasteiger partial charge in [0.1, 0.15) is 0 Å². The summed E-state index contributed by atoms with van der Waals surface area (Å²) < 4.78 is 1.65. The summed E-state index contributed by atoms with van der Waals surface area (Å²) in [7, 11) is 0. The lowest BCUT2D eigenvalue weighted by atomic mass is 9.99. The Morgan fingerprint density at radius 1 is 1.21 bits per heavy atom. The zero-order valence-electron chi connectivity index (χ0n) is 16.3. The van der Waals surface area contributed by atoms with E-state index < -0.39 is 0 Å². The molecule has 0 bridgehead atoms. The van der Waals surface area contributed by atoms with Gasteiger partial charge in [-0.2, -0.15) is 0 Å². The Morgan fingerprint density at radius 3 is 2.79 bits per heavy atom.